The van der Waals surface area contributed by atoms with Crippen molar-refractivity contribution in [2.45, 2.75) is 26.5 Å². The topological polar surface area (TPSA) is 111 Å². The molecular weight excluding hydrogens is 349 g/mol. The first-order valence-corrected chi connectivity index (χ1v) is 9.50. The van der Waals surface area contributed by atoms with Gasteiger partial charge in [0.25, 0.3) is 0 Å². The standard InChI is InChI=1S/C16H24NO7P/c1-12(2)14(11-25(20,21)24-10-15(18)22-3)17-16(19)23-9-13-7-5-4-6-8-13/h4-8,12,14H,9-11H2,1-3H3,(H,17,19)(H,20,21). The van der Waals surface area contributed by atoms with E-state index in [1.54, 1.807) is 13.8 Å². The number of methoxy groups -OCH3 is 1. The molecule has 0 bridgehead atoms. The average molecular weight is 373 g/mol. The highest BCUT2D eigenvalue weighted by Gasteiger charge is 2.29. The Morgan fingerprint density at radius 2 is 1.88 bits per heavy atom. The van der Waals surface area contributed by atoms with E-state index in [1.165, 1.54) is 0 Å². The minimum atomic E-state index is -4.07. The SMILES string of the molecule is COC(=O)COP(=O)(O)CC(NC(=O)OCc1ccccc1)C(C)C. The smallest absolute Gasteiger partial charge is 0.407 e. The van der Waals surface area contributed by atoms with Gasteiger partial charge in [-0.3, -0.25) is 9.09 Å². The summed E-state index contributed by atoms with van der Waals surface area (Å²) >= 11 is 0. The summed E-state index contributed by atoms with van der Waals surface area (Å²) in [6, 6.07) is 8.48. The van der Waals surface area contributed by atoms with Gasteiger partial charge < -0.3 is 19.7 Å². The van der Waals surface area contributed by atoms with Gasteiger partial charge in [-0.1, -0.05) is 44.2 Å². The molecule has 0 aliphatic carbocycles. The lowest BCUT2D eigenvalue weighted by Gasteiger charge is -2.24. The van der Waals surface area contributed by atoms with Crippen LogP contribution in [-0.4, -0.2) is 42.9 Å². The van der Waals surface area contributed by atoms with Crippen molar-refractivity contribution in [2.75, 3.05) is 19.9 Å². The third-order valence-corrected chi connectivity index (χ3v) is 4.75. The minimum Gasteiger partial charge on any atom is -0.467 e. The number of carbonyl (C=O) groups is 2. The Morgan fingerprint density at radius 1 is 1.24 bits per heavy atom. The van der Waals surface area contributed by atoms with Crippen LogP contribution in [-0.2, 0) is 30.0 Å². The summed E-state index contributed by atoms with van der Waals surface area (Å²) in [4.78, 5) is 32.7. The number of benzene rings is 1. The number of nitrogens with one attached hydrogen (secondary N) is 1. The molecule has 8 nitrogen and oxygen atoms in total. The Kier molecular flexibility index (Phi) is 8.61. The van der Waals surface area contributed by atoms with E-state index in [9.17, 15) is 19.0 Å². The molecular formula is C16H24NO7P. The van der Waals surface area contributed by atoms with Crippen LogP contribution in [0.25, 0.3) is 0 Å². The van der Waals surface area contributed by atoms with Crippen LogP contribution in [0.5, 0.6) is 0 Å². The molecule has 0 saturated heterocycles. The summed E-state index contributed by atoms with van der Waals surface area (Å²) in [5, 5.41) is 2.55. The van der Waals surface area contributed by atoms with Crippen molar-refractivity contribution in [2.24, 2.45) is 5.92 Å². The van der Waals surface area contributed by atoms with E-state index in [4.69, 9.17) is 9.26 Å². The van der Waals surface area contributed by atoms with Gasteiger partial charge in [0.1, 0.15) is 6.61 Å². The number of esters is 1. The molecule has 25 heavy (non-hydrogen) atoms. The summed E-state index contributed by atoms with van der Waals surface area (Å²) in [6.45, 7) is 3.02. The Hall–Kier alpha value is -1.89. The van der Waals surface area contributed by atoms with Crippen LogP contribution in [0.3, 0.4) is 0 Å². The maximum Gasteiger partial charge on any atom is 0.407 e. The number of amides is 1. The Morgan fingerprint density at radius 3 is 2.44 bits per heavy atom. The molecule has 0 fully saturated rings. The molecule has 1 aromatic rings. The minimum absolute atomic E-state index is 0.0904. The average Bonchev–Trinajstić information content (AvgIpc) is 2.58. The van der Waals surface area contributed by atoms with Crippen LogP contribution in [0.4, 0.5) is 4.79 Å². The number of rotatable bonds is 9. The molecule has 1 amide bonds. The van der Waals surface area contributed by atoms with E-state index in [0.717, 1.165) is 12.7 Å². The zero-order valence-electron chi connectivity index (χ0n) is 14.5. The Bertz CT molecular complexity index is 606. The molecule has 0 aliphatic heterocycles. The first-order chi connectivity index (χ1) is 11.7. The predicted molar refractivity (Wildman–Crippen MR) is 91.0 cm³/mol. The molecule has 1 aromatic carbocycles. The van der Waals surface area contributed by atoms with Crippen LogP contribution in [0.15, 0.2) is 30.3 Å². The number of hydrogen-bond acceptors (Lipinski definition) is 6. The van der Waals surface area contributed by atoms with Gasteiger partial charge in [-0.25, -0.2) is 9.59 Å². The second kappa shape index (κ2) is 10.2. The normalized spacial score (nSPS) is 14.4. The summed E-state index contributed by atoms with van der Waals surface area (Å²) in [7, 11) is -2.93. The lowest BCUT2D eigenvalue weighted by molar-refractivity contribution is -0.143. The Balaban J connectivity index is 2.53. The largest absolute Gasteiger partial charge is 0.467 e. The van der Waals surface area contributed by atoms with Gasteiger partial charge >= 0.3 is 19.7 Å². The van der Waals surface area contributed by atoms with Crippen LogP contribution in [0.1, 0.15) is 19.4 Å². The van der Waals surface area contributed by atoms with E-state index in [0.29, 0.717) is 0 Å². The van der Waals surface area contributed by atoms with Crippen molar-refractivity contribution in [1.29, 1.82) is 0 Å². The second-order valence-corrected chi connectivity index (χ2v) is 7.62. The molecule has 0 aromatic heterocycles. The predicted octanol–water partition coefficient (Wildman–Crippen LogP) is 2.31. The van der Waals surface area contributed by atoms with Crippen molar-refractivity contribution in [3.63, 3.8) is 0 Å². The fourth-order valence-corrected chi connectivity index (χ4v) is 3.28. The highest BCUT2D eigenvalue weighted by Crippen LogP contribution is 2.43. The molecule has 2 N–H and O–H groups in total. The molecule has 0 aliphatic rings. The van der Waals surface area contributed by atoms with Gasteiger partial charge in [-0.2, -0.15) is 0 Å². The quantitative estimate of drug-likeness (QED) is 0.505. The van der Waals surface area contributed by atoms with Gasteiger partial charge in [-0.05, 0) is 11.5 Å². The van der Waals surface area contributed by atoms with Gasteiger partial charge in [0.05, 0.1) is 13.3 Å². The van der Waals surface area contributed by atoms with Crippen LogP contribution < -0.4 is 5.32 Å². The van der Waals surface area contributed by atoms with E-state index in [2.05, 4.69) is 10.1 Å². The zero-order chi connectivity index (χ0) is 18.9. The highest BCUT2D eigenvalue weighted by molar-refractivity contribution is 7.52. The lowest BCUT2D eigenvalue weighted by atomic mass is 10.1. The Labute approximate surface area is 147 Å². The first-order valence-electron chi connectivity index (χ1n) is 7.74. The third-order valence-electron chi connectivity index (χ3n) is 3.36. The number of ether oxygens (including phenoxy) is 2. The first kappa shape index (κ1) is 21.2. The number of carbonyl (C=O) groups excluding carboxylic acids is 2. The van der Waals surface area contributed by atoms with E-state index >= 15 is 0 Å². The molecule has 9 heteroatoms. The molecule has 2 atom stereocenters. The van der Waals surface area contributed by atoms with E-state index in [-0.39, 0.29) is 18.7 Å². The van der Waals surface area contributed by atoms with Crippen molar-refractivity contribution in [3.8, 4) is 0 Å². The van der Waals surface area contributed by atoms with Gasteiger partial charge in [0.15, 0.2) is 6.61 Å². The molecule has 0 spiro atoms. The zero-order valence-corrected chi connectivity index (χ0v) is 15.4. The lowest BCUT2D eigenvalue weighted by Crippen LogP contribution is -2.41. The van der Waals surface area contributed by atoms with Crippen molar-refractivity contribution >= 4 is 19.7 Å². The molecule has 140 valence electrons. The molecule has 0 radical (unpaired) electrons. The van der Waals surface area contributed by atoms with Gasteiger partial charge in [0.2, 0.25) is 0 Å². The molecule has 2 unspecified atom stereocenters. The van der Waals surface area contributed by atoms with E-state index in [1.807, 2.05) is 30.3 Å². The fraction of sp³-hybridized carbons (Fsp3) is 0.500. The maximum atomic E-state index is 12.0. The fourth-order valence-electron chi connectivity index (χ4n) is 1.85. The van der Waals surface area contributed by atoms with Crippen molar-refractivity contribution < 1.29 is 33.0 Å². The van der Waals surface area contributed by atoms with Crippen LogP contribution in [0, 0.1) is 5.92 Å². The van der Waals surface area contributed by atoms with Crippen LogP contribution in [0.2, 0.25) is 0 Å². The summed E-state index contributed by atoms with van der Waals surface area (Å²) in [5.74, 6) is -0.905. The summed E-state index contributed by atoms with van der Waals surface area (Å²) in [5.41, 5.74) is 0.827. The van der Waals surface area contributed by atoms with Gasteiger partial charge in [-0.15, -0.1) is 0 Å². The third kappa shape index (κ3) is 8.67. The van der Waals surface area contributed by atoms with Crippen molar-refractivity contribution in [3.05, 3.63) is 35.9 Å². The summed E-state index contributed by atoms with van der Waals surface area (Å²) < 4.78 is 26.2. The highest BCUT2D eigenvalue weighted by atomic mass is 31.2. The summed E-state index contributed by atoms with van der Waals surface area (Å²) in [6.07, 6.45) is -1.04. The monoisotopic (exact) mass is 373 g/mol. The molecule has 0 saturated carbocycles. The molecule has 0 heterocycles. The van der Waals surface area contributed by atoms with E-state index < -0.39 is 32.3 Å². The number of hydrogen-bond donors (Lipinski definition) is 2. The molecule has 1 rings (SSSR count). The van der Waals surface area contributed by atoms with Crippen LogP contribution >= 0.6 is 7.60 Å². The maximum absolute atomic E-state index is 12.0. The number of alkyl carbamates (subject to hydrolysis) is 1. The van der Waals surface area contributed by atoms with Gasteiger partial charge in [0, 0.05) is 6.04 Å². The van der Waals surface area contributed by atoms with Crippen molar-refractivity contribution in [1.82, 2.24) is 5.32 Å². The second-order valence-electron chi connectivity index (χ2n) is 5.73.